The number of hydrogen-bond acceptors (Lipinski definition) is 6. The molecule has 30 heavy (non-hydrogen) atoms. The molecule has 3 rings (SSSR count). The van der Waals surface area contributed by atoms with E-state index in [1.165, 1.54) is 30.3 Å². The molecule has 0 atom stereocenters. The molecule has 0 aliphatic carbocycles. The third kappa shape index (κ3) is 5.04. The summed E-state index contributed by atoms with van der Waals surface area (Å²) in [6.07, 6.45) is -2.78. The van der Waals surface area contributed by atoms with Gasteiger partial charge in [-0.15, -0.1) is 0 Å². The Morgan fingerprint density at radius 2 is 1.73 bits per heavy atom. The summed E-state index contributed by atoms with van der Waals surface area (Å²) < 4.78 is 45.8. The lowest BCUT2D eigenvalue weighted by atomic mass is 9.99. The molecule has 9 heteroatoms. The maximum atomic E-state index is 13.4. The first-order chi connectivity index (χ1) is 14.0. The normalized spacial score (nSPS) is 11.7. The van der Waals surface area contributed by atoms with Gasteiger partial charge >= 0.3 is 0 Å². The predicted molar refractivity (Wildman–Crippen MR) is 107 cm³/mol. The SMILES string of the molecule is Cc1cc(-c2c(OCC(C)(C)O)nc(N)nc2-c2ccc(F)cc2)cc(C(F)F)n1. The molecule has 1 aromatic carbocycles. The molecule has 0 radical (unpaired) electrons. The van der Waals surface area contributed by atoms with Gasteiger partial charge in [0.15, 0.2) is 0 Å². The predicted octanol–water partition coefficient (Wildman–Crippen LogP) is 4.32. The van der Waals surface area contributed by atoms with Gasteiger partial charge in [0.1, 0.15) is 18.1 Å². The van der Waals surface area contributed by atoms with Crippen LogP contribution in [0.25, 0.3) is 22.4 Å². The lowest BCUT2D eigenvalue weighted by molar-refractivity contribution is 0.0271. The number of alkyl halides is 2. The Balaban J connectivity index is 2.27. The fraction of sp³-hybridized carbons (Fsp3) is 0.286. The van der Waals surface area contributed by atoms with E-state index >= 15 is 0 Å². The van der Waals surface area contributed by atoms with Crippen molar-refractivity contribution < 1.29 is 23.0 Å². The molecule has 0 saturated heterocycles. The summed E-state index contributed by atoms with van der Waals surface area (Å²) >= 11 is 0. The van der Waals surface area contributed by atoms with E-state index in [1.54, 1.807) is 26.8 Å². The lowest BCUT2D eigenvalue weighted by Crippen LogP contribution is -2.28. The van der Waals surface area contributed by atoms with Gasteiger partial charge in [-0.25, -0.2) is 18.2 Å². The zero-order chi connectivity index (χ0) is 22.1. The number of halogens is 3. The summed E-state index contributed by atoms with van der Waals surface area (Å²) in [5, 5.41) is 10.0. The maximum absolute atomic E-state index is 13.4. The first-order valence-corrected chi connectivity index (χ1v) is 9.09. The minimum atomic E-state index is -2.78. The summed E-state index contributed by atoms with van der Waals surface area (Å²) in [6, 6.07) is 8.28. The molecule has 3 N–H and O–H groups in total. The van der Waals surface area contributed by atoms with Gasteiger partial charge in [-0.1, -0.05) is 0 Å². The van der Waals surface area contributed by atoms with Gasteiger partial charge in [0.2, 0.25) is 11.8 Å². The zero-order valence-corrected chi connectivity index (χ0v) is 16.7. The number of nitrogen functional groups attached to an aromatic ring is 1. The van der Waals surface area contributed by atoms with Crippen LogP contribution >= 0.6 is 0 Å². The molecule has 2 aromatic heterocycles. The van der Waals surface area contributed by atoms with E-state index in [1.807, 2.05) is 0 Å². The summed E-state index contributed by atoms with van der Waals surface area (Å²) in [5.74, 6) is -0.556. The summed E-state index contributed by atoms with van der Waals surface area (Å²) in [6.45, 7) is 4.54. The second-order valence-electron chi connectivity index (χ2n) is 7.44. The van der Waals surface area contributed by atoms with Gasteiger partial charge < -0.3 is 15.6 Å². The van der Waals surface area contributed by atoms with Crippen LogP contribution in [0.1, 0.15) is 31.7 Å². The monoisotopic (exact) mass is 418 g/mol. The van der Waals surface area contributed by atoms with Gasteiger partial charge in [0, 0.05) is 11.3 Å². The molecule has 0 aliphatic heterocycles. The Labute approximate surface area is 171 Å². The lowest BCUT2D eigenvalue weighted by Gasteiger charge is -2.20. The maximum Gasteiger partial charge on any atom is 0.280 e. The first kappa shape index (κ1) is 21.5. The van der Waals surface area contributed by atoms with E-state index in [2.05, 4.69) is 15.0 Å². The average molecular weight is 418 g/mol. The van der Waals surface area contributed by atoms with Crippen molar-refractivity contribution in [3.63, 3.8) is 0 Å². The van der Waals surface area contributed by atoms with E-state index in [4.69, 9.17) is 10.5 Å². The van der Waals surface area contributed by atoms with Crippen LogP contribution in [0.4, 0.5) is 19.1 Å². The van der Waals surface area contributed by atoms with Crippen molar-refractivity contribution in [3.8, 4) is 28.3 Å². The van der Waals surface area contributed by atoms with Crippen LogP contribution in [0.15, 0.2) is 36.4 Å². The molecule has 0 fully saturated rings. The van der Waals surface area contributed by atoms with Crippen LogP contribution in [0.5, 0.6) is 5.88 Å². The van der Waals surface area contributed by atoms with Gasteiger partial charge in [-0.3, -0.25) is 4.98 Å². The average Bonchev–Trinajstić information content (AvgIpc) is 2.65. The zero-order valence-electron chi connectivity index (χ0n) is 16.7. The van der Waals surface area contributed by atoms with Gasteiger partial charge in [0.05, 0.1) is 16.9 Å². The second kappa shape index (κ2) is 8.27. The summed E-state index contributed by atoms with van der Waals surface area (Å²) in [4.78, 5) is 12.2. The molecule has 0 unspecified atom stereocenters. The summed E-state index contributed by atoms with van der Waals surface area (Å²) in [5.41, 5.74) is 5.99. The number of pyridine rings is 1. The fourth-order valence-corrected chi connectivity index (χ4v) is 2.83. The van der Waals surface area contributed by atoms with E-state index in [0.29, 0.717) is 16.8 Å². The van der Waals surface area contributed by atoms with Crippen molar-refractivity contribution in [2.24, 2.45) is 0 Å². The Morgan fingerprint density at radius 3 is 2.33 bits per heavy atom. The highest BCUT2D eigenvalue weighted by Gasteiger charge is 2.23. The number of aromatic nitrogens is 3. The molecule has 0 aliphatic rings. The topological polar surface area (TPSA) is 94.2 Å². The van der Waals surface area contributed by atoms with Crippen LogP contribution in [-0.4, -0.2) is 32.3 Å². The van der Waals surface area contributed by atoms with Crippen LogP contribution in [0.3, 0.4) is 0 Å². The number of aryl methyl sites for hydroxylation is 1. The number of rotatable bonds is 6. The van der Waals surface area contributed by atoms with Crippen LogP contribution < -0.4 is 10.5 Å². The summed E-state index contributed by atoms with van der Waals surface area (Å²) in [7, 11) is 0. The van der Waals surface area contributed by atoms with E-state index in [-0.39, 0.29) is 29.7 Å². The number of ether oxygens (including phenoxy) is 1. The van der Waals surface area contributed by atoms with Gasteiger partial charge in [0.25, 0.3) is 6.43 Å². The minimum absolute atomic E-state index is 0.00904. The van der Waals surface area contributed by atoms with Gasteiger partial charge in [-0.05, 0) is 62.7 Å². The molecule has 0 saturated carbocycles. The molecular formula is C21H21F3N4O2. The molecule has 3 aromatic rings. The van der Waals surface area contributed by atoms with E-state index in [0.717, 1.165) is 0 Å². The number of benzene rings is 1. The third-order valence-electron chi connectivity index (χ3n) is 4.06. The Kier molecular flexibility index (Phi) is 5.93. The van der Waals surface area contributed by atoms with E-state index in [9.17, 15) is 18.3 Å². The highest BCUT2D eigenvalue weighted by Crippen LogP contribution is 2.39. The van der Waals surface area contributed by atoms with Crippen molar-refractivity contribution >= 4 is 5.95 Å². The van der Waals surface area contributed by atoms with Crippen molar-refractivity contribution in [1.82, 2.24) is 15.0 Å². The highest BCUT2D eigenvalue weighted by atomic mass is 19.3. The van der Waals surface area contributed by atoms with E-state index < -0.39 is 23.5 Å². The molecular weight excluding hydrogens is 397 g/mol. The first-order valence-electron chi connectivity index (χ1n) is 9.09. The molecule has 2 heterocycles. The highest BCUT2D eigenvalue weighted by molar-refractivity contribution is 5.85. The molecule has 0 spiro atoms. The number of aliphatic hydroxyl groups is 1. The van der Waals surface area contributed by atoms with Gasteiger partial charge in [-0.2, -0.15) is 4.98 Å². The number of nitrogens with two attached hydrogens (primary N) is 1. The Hall–Kier alpha value is -3.20. The third-order valence-corrected chi connectivity index (χ3v) is 4.06. The quantitative estimate of drug-likeness (QED) is 0.619. The Morgan fingerprint density at radius 1 is 1.07 bits per heavy atom. The van der Waals surface area contributed by atoms with Crippen LogP contribution in [0, 0.1) is 12.7 Å². The second-order valence-corrected chi connectivity index (χ2v) is 7.44. The fourth-order valence-electron chi connectivity index (χ4n) is 2.83. The largest absolute Gasteiger partial charge is 0.474 e. The molecule has 6 nitrogen and oxygen atoms in total. The van der Waals surface area contributed by atoms with Crippen molar-refractivity contribution in [2.45, 2.75) is 32.8 Å². The number of anilines is 1. The van der Waals surface area contributed by atoms with Crippen molar-refractivity contribution in [3.05, 3.63) is 53.6 Å². The Bertz CT molecular complexity index is 1050. The van der Waals surface area contributed by atoms with Crippen LogP contribution in [0.2, 0.25) is 0 Å². The molecule has 0 amide bonds. The number of hydrogen-bond donors (Lipinski definition) is 2. The molecule has 158 valence electrons. The molecule has 0 bridgehead atoms. The standard InChI is InChI=1S/C21H21F3N4O2/c1-11-8-13(9-15(26-11)18(23)24)16-17(12-4-6-14(22)7-5-12)27-20(25)28-19(16)30-10-21(2,3)29/h4-9,18,29H,10H2,1-3H3,(H2,25,27,28). The smallest absolute Gasteiger partial charge is 0.280 e. The number of nitrogens with zero attached hydrogens (tertiary/aromatic N) is 3. The van der Waals surface area contributed by atoms with Crippen molar-refractivity contribution in [1.29, 1.82) is 0 Å². The van der Waals surface area contributed by atoms with Crippen LogP contribution in [-0.2, 0) is 0 Å². The van der Waals surface area contributed by atoms with Crippen molar-refractivity contribution in [2.75, 3.05) is 12.3 Å². The minimum Gasteiger partial charge on any atom is -0.474 e.